The van der Waals surface area contributed by atoms with E-state index in [1.54, 1.807) is 14.0 Å². The van der Waals surface area contributed by atoms with Crippen molar-refractivity contribution in [3.63, 3.8) is 0 Å². The fourth-order valence-electron chi connectivity index (χ4n) is 1.63. The third-order valence-corrected chi connectivity index (χ3v) is 2.48. The van der Waals surface area contributed by atoms with Crippen LogP contribution in [0.15, 0.2) is 33.3 Å². The van der Waals surface area contributed by atoms with Crippen LogP contribution < -0.4 is 4.74 Å². The number of methoxy groups -OCH3 is 1. The lowest BCUT2D eigenvalue weighted by atomic mass is 10.2. The van der Waals surface area contributed by atoms with Crippen LogP contribution in [-0.2, 0) is 0 Å². The summed E-state index contributed by atoms with van der Waals surface area (Å²) < 4.78 is 15.3. The molecule has 0 aliphatic heterocycles. The molecular weight excluding hydrogens is 248 g/mol. The molecule has 0 spiro atoms. The highest BCUT2D eigenvalue weighted by atomic mass is 16.5. The number of hydrogen-bond donors (Lipinski definition) is 0. The van der Waals surface area contributed by atoms with E-state index < -0.39 is 0 Å². The maximum Gasteiger partial charge on any atom is 0.316 e. The van der Waals surface area contributed by atoms with Crippen molar-refractivity contribution in [1.29, 1.82) is 0 Å². The van der Waals surface area contributed by atoms with Gasteiger partial charge in [-0.25, -0.2) is 0 Å². The van der Waals surface area contributed by atoms with Crippen LogP contribution >= 0.6 is 0 Å². The average molecular weight is 258 g/mol. The molecule has 0 atom stereocenters. The van der Waals surface area contributed by atoms with E-state index in [1.807, 2.05) is 24.3 Å². The van der Waals surface area contributed by atoms with Crippen molar-refractivity contribution >= 4 is 0 Å². The van der Waals surface area contributed by atoms with Gasteiger partial charge in [-0.05, 0) is 19.1 Å². The number of para-hydroxylation sites is 1. The van der Waals surface area contributed by atoms with E-state index >= 15 is 0 Å². The smallest absolute Gasteiger partial charge is 0.316 e. The third-order valence-electron chi connectivity index (χ3n) is 2.48. The molecule has 3 aromatic rings. The normalized spacial score (nSPS) is 10.6. The first-order valence-corrected chi connectivity index (χ1v) is 5.55. The first kappa shape index (κ1) is 11.4. The summed E-state index contributed by atoms with van der Waals surface area (Å²) in [5, 5.41) is 7.56. The van der Waals surface area contributed by atoms with Crippen LogP contribution in [0.3, 0.4) is 0 Å². The Hall–Kier alpha value is -2.70. The Labute approximate surface area is 108 Å². The molecule has 0 unspecified atom stereocenters. The monoisotopic (exact) mass is 258 g/mol. The van der Waals surface area contributed by atoms with Gasteiger partial charge in [-0.2, -0.15) is 9.97 Å². The molecule has 0 saturated carbocycles. The highest BCUT2D eigenvalue weighted by molar-refractivity contribution is 5.64. The Morgan fingerprint density at radius 1 is 1.00 bits per heavy atom. The molecule has 3 rings (SSSR count). The summed E-state index contributed by atoms with van der Waals surface area (Å²) in [5.74, 6) is 1.96. The minimum Gasteiger partial charge on any atom is -0.496 e. The Balaban J connectivity index is 2.01. The Morgan fingerprint density at radius 2 is 1.74 bits per heavy atom. The van der Waals surface area contributed by atoms with E-state index in [0.717, 1.165) is 5.56 Å². The van der Waals surface area contributed by atoms with Gasteiger partial charge in [0.2, 0.25) is 5.82 Å². The largest absolute Gasteiger partial charge is 0.496 e. The molecule has 7 nitrogen and oxygen atoms in total. The van der Waals surface area contributed by atoms with Gasteiger partial charge in [-0.1, -0.05) is 22.4 Å². The molecule has 0 aliphatic rings. The van der Waals surface area contributed by atoms with Gasteiger partial charge in [0, 0.05) is 0 Å². The topological polar surface area (TPSA) is 87.1 Å². The van der Waals surface area contributed by atoms with Crippen molar-refractivity contribution in [3.05, 3.63) is 30.1 Å². The lowest BCUT2D eigenvalue weighted by Gasteiger charge is -2.02. The second-order valence-electron chi connectivity index (χ2n) is 3.77. The number of benzene rings is 1. The van der Waals surface area contributed by atoms with Gasteiger partial charge in [0.1, 0.15) is 5.75 Å². The summed E-state index contributed by atoms with van der Waals surface area (Å²) in [7, 11) is 1.58. The SMILES string of the molecule is COc1ccccc1-c1noc(-c2nc(C)no2)n1. The van der Waals surface area contributed by atoms with Crippen molar-refractivity contribution in [2.75, 3.05) is 7.11 Å². The van der Waals surface area contributed by atoms with Crippen molar-refractivity contribution in [2.45, 2.75) is 6.92 Å². The number of aromatic nitrogens is 4. The molecular formula is C12H10N4O3. The number of ether oxygens (including phenoxy) is 1. The van der Waals surface area contributed by atoms with Crippen molar-refractivity contribution in [2.24, 2.45) is 0 Å². The molecule has 0 N–H and O–H groups in total. The van der Waals surface area contributed by atoms with E-state index in [4.69, 9.17) is 13.8 Å². The highest BCUT2D eigenvalue weighted by Gasteiger charge is 2.17. The molecule has 2 heterocycles. The van der Waals surface area contributed by atoms with Crippen LogP contribution in [0.5, 0.6) is 5.75 Å². The van der Waals surface area contributed by atoms with E-state index in [9.17, 15) is 0 Å². The van der Waals surface area contributed by atoms with Crippen LogP contribution in [0.1, 0.15) is 5.82 Å². The Kier molecular flexibility index (Phi) is 2.71. The second-order valence-corrected chi connectivity index (χ2v) is 3.77. The van der Waals surface area contributed by atoms with E-state index in [2.05, 4.69) is 20.3 Å². The molecule has 0 aliphatic carbocycles. The molecule has 19 heavy (non-hydrogen) atoms. The minimum atomic E-state index is 0.182. The molecule has 0 saturated heterocycles. The highest BCUT2D eigenvalue weighted by Crippen LogP contribution is 2.28. The summed E-state index contributed by atoms with van der Waals surface area (Å²) in [6, 6.07) is 7.39. The summed E-state index contributed by atoms with van der Waals surface area (Å²) in [6.07, 6.45) is 0. The van der Waals surface area contributed by atoms with Gasteiger partial charge in [0.15, 0.2) is 5.82 Å². The summed E-state index contributed by atoms with van der Waals surface area (Å²) in [4.78, 5) is 8.24. The standard InChI is InChI=1S/C12H10N4O3/c1-7-13-11(18-15-7)12-14-10(16-19-12)8-5-3-4-6-9(8)17-2/h3-6H,1-2H3. The van der Waals surface area contributed by atoms with E-state index in [1.165, 1.54) is 0 Å². The van der Waals surface area contributed by atoms with Crippen LogP contribution in [0, 0.1) is 6.92 Å². The number of rotatable bonds is 3. The summed E-state index contributed by atoms with van der Waals surface area (Å²) in [5.41, 5.74) is 0.733. The molecule has 96 valence electrons. The van der Waals surface area contributed by atoms with Gasteiger partial charge in [-0.15, -0.1) is 0 Å². The van der Waals surface area contributed by atoms with Crippen molar-refractivity contribution in [3.8, 4) is 28.9 Å². The lowest BCUT2D eigenvalue weighted by Crippen LogP contribution is -1.88. The van der Waals surface area contributed by atoms with Crippen LogP contribution in [0.4, 0.5) is 0 Å². The number of nitrogens with zero attached hydrogens (tertiary/aromatic N) is 4. The molecule has 0 amide bonds. The Morgan fingerprint density at radius 3 is 2.47 bits per heavy atom. The second kappa shape index (κ2) is 4.52. The molecule has 0 fully saturated rings. The molecule has 2 aromatic heterocycles. The van der Waals surface area contributed by atoms with Gasteiger partial charge in [0.25, 0.3) is 0 Å². The van der Waals surface area contributed by atoms with Crippen molar-refractivity contribution in [1.82, 2.24) is 20.3 Å². The third kappa shape index (κ3) is 2.05. The first-order valence-electron chi connectivity index (χ1n) is 5.55. The zero-order valence-electron chi connectivity index (χ0n) is 10.3. The summed E-state index contributed by atoms with van der Waals surface area (Å²) >= 11 is 0. The molecule has 7 heteroatoms. The maximum absolute atomic E-state index is 5.25. The molecule has 0 radical (unpaired) electrons. The predicted octanol–water partition coefficient (Wildman–Crippen LogP) is 2.10. The quantitative estimate of drug-likeness (QED) is 0.710. The average Bonchev–Trinajstić information content (AvgIpc) is 3.07. The van der Waals surface area contributed by atoms with Gasteiger partial charge < -0.3 is 13.8 Å². The van der Waals surface area contributed by atoms with Gasteiger partial charge in [-0.3, -0.25) is 0 Å². The van der Waals surface area contributed by atoms with Crippen LogP contribution in [0.2, 0.25) is 0 Å². The number of hydrogen-bond acceptors (Lipinski definition) is 7. The maximum atomic E-state index is 5.25. The van der Waals surface area contributed by atoms with E-state index in [0.29, 0.717) is 17.4 Å². The summed E-state index contributed by atoms with van der Waals surface area (Å²) in [6.45, 7) is 1.71. The van der Waals surface area contributed by atoms with Gasteiger partial charge >= 0.3 is 11.8 Å². The minimum absolute atomic E-state index is 0.182. The first-order chi connectivity index (χ1) is 9.28. The molecule has 1 aromatic carbocycles. The molecule has 0 bridgehead atoms. The number of aryl methyl sites for hydroxylation is 1. The lowest BCUT2D eigenvalue weighted by molar-refractivity contribution is 0.380. The van der Waals surface area contributed by atoms with E-state index in [-0.39, 0.29) is 11.8 Å². The predicted molar refractivity (Wildman–Crippen MR) is 64.3 cm³/mol. The fraction of sp³-hybridized carbons (Fsp3) is 0.167. The van der Waals surface area contributed by atoms with Crippen molar-refractivity contribution < 1.29 is 13.8 Å². The van der Waals surface area contributed by atoms with Crippen LogP contribution in [-0.4, -0.2) is 27.4 Å². The fourth-order valence-corrected chi connectivity index (χ4v) is 1.63. The van der Waals surface area contributed by atoms with Crippen LogP contribution in [0.25, 0.3) is 23.2 Å². The zero-order valence-corrected chi connectivity index (χ0v) is 10.3. The zero-order chi connectivity index (χ0) is 13.2. The van der Waals surface area contributed by atoms with Gasteiger partial charge in [0.05, 0.1) is 12.7 Å². The Bertz CT molecular complexity index is 704.